The first-order valence-electron chi connectivity index (χ1n) is 4.55. The molecule has 0 unspecified atom stereocenters. The highest BCUT2D eigenvalue weighted by molar-refractivity contribution is 7.71. The maximum Gasteiger partial charge on any atom is 0.177 e. The van der Waals surface area contributed by atoms with Crippen molar-refractivity contribution in [2.75, 3.05) is 0 Å². The fourth-order valence-electron chi connectivity index (χ4n) is 1.99. The molecule has 1 aromatic heterocycles. The van der Waals surface area contributed by atoms with Gasteiger partial charge in [-0.05, 0) is 32.0 Å². The lowest BCUT2D eigenvalue weighted by Gasteiger charge is -2.09. The Balaban J connectivity index is 2.32. The average molecular weight is 182 g/mol. The number of rotatable bonds is 1. The highest BCUT2D eigenvalue weighted by Crippen LogP contribution is 2.29. The number of hydrogen-bond donors (Lipinski definition) is 1. The van der Waals surface area contributed by atoms with Crippen molar-refractivity contribution in [3.63, 3.8) is 0 Å². The van der Waals surface area contributed by atoms with E-state index in [1.54, 1.807) is 0 Å². The van der Waals surface area contributed by atoms with E-state index in [9.17, 15) is 0 Å². The van der Waals surface area contributed by atoms with Gasteiger partial charge in [-0.1, -0.05) is 12.8 Å². The minimum atomic E-state index is 0.669. The summed E-state index contributed by atoms with van der Waals surface area (Å²) in [6.07, 6.45) is 7.45. The van der Waals surface area contributed by atoms with Gasteiger partial charge in [0.15, 0.2) is 4.77 Å². The van der Waals surface area contributed by atoms with Gasteiger partial charge in [0.05, 0.1) is 0 Å². The quantitative estimate of drug-likeness (QED) is 0.662. The molecule has 3 heteroatoms. The first kappa shape index (κ1) is 8.05. The van der Waals surface area contributed by atoms with Crippen molar-refractivity contribution < 1.29 is 0 Å². The van der Waals surface area contributed by atoms with Crippen LogP contribution < -0.4 is 0 Å². The first-order chi connectivity index (χ1) is 5.77. The SMILES string of the molecule is Cc1cn(C2CCCC2)c(=S)[nH]1. The lowest BCUT2D eigenvalue weighted by molar-refractivity contribution is 0.512. The molecular formula is C9H14N2S. The summed E-state index contributed by atoms with van der Waals surface area (Å²) < 4.78 is 3.11. The number of hydrogen-bond acceptors (Lipinski definition) is 1. The molecule has 0 atom stereocenters. The summed E-state index contributed by atoms with van der Waals surface area (Å²) in [6, 6.07) is 0.669. The van der Waals surface area contributed by atoms with Crippen LogP contribution in [0.2, 0.25) is 0 Å². The van der Waals surface area contributed by atoms with Crippen LogP contribution >= 0.6 is 12.2 Å². The molecule has 1 aliphatic rings. The Bertz CT molecular complexity index is 318. The molecule has 1 N–H and O–H groups in total. The molecule has 66 valence electrons. The van der Waals surface area contributed by atoms with Gasteiger partial charge < -0.3 is 9.55 Å². The zero-order valence-electron chi connectivity index (χ0n) is 7.34. The van der Waals surface area contributed by atoms with E-state index in [0.717, 1.165) is 4.77 Å². The summed E-state index contributed by atoms with van der Waals surface area (Å²) in [5.74, 6) is 0. The Labute approximate surface area is 77.6 Å². The number of imidazole rings is 1. The topological polar surface area (TPSA) is 20.7 Å². The van der Waals surface area contributed by atoms with E-state index in [-0.39, 0.29) is 0 Å². The summed E-state index contributed by atoms with van der Waals surface area (Å²) in [7, 11) is 0. The van der Waals surface area contributed by atoms with Gasteiger partial charge in [0.1, 0.15) is 0 Å². The Kier molecular flexibility index (Phi) is 2.05. The van der Waals surface area contributed by atoms with Gasteiger partial charge in [0, 0.05) is 17.9 Å². The molecule has 0 aromatic carbocycles. The van der Waals surface area contributed by atoms with Crippen LogP contribution in [0.15, 0.2) is 6.20 Å². The van der Waals surface area contributed by atoms with Crippen LogP contribution in [0.25, 0.3) is 0 Å². The van der Waals surface area contributed by atoms with Crippen molar-refractivity contribution >= 4 is 12.2 Å². The Morgan fingerprint density at radius 1 is 1.50 bits per heavy atom. The third-order valence-electron chi connectivity index (χ3n) is 2.59. The van der Waals surface area contributed by atoms with E-state index in [1.165, 1.54) is 31.4 Å². The van der Waals surface area contributed by atoms with Crippen molar-refractivity contribution in [1.82, 2.24) is 9.55 Å². The van der Waals surface area contributed by atoms with Gasteiger partial charge in [-0.15, -0.1) is 0 Å². The van der Waals surface area contributed by atoms with Gasteiger partial charge in [-0.2, -0.15) is 0 Å². The minimum Gasteiger partial charge on any atom is -0.335 e. The monoisotopic (exact) mass is 182 g/mol. The first-order valence-corrected chi connectivity index (χ1v) is 4.96. The van der Waals surface area contributed by atoms with Crippen LogP contribution in [-0.2, 0) is 0 Å². The standard InChI is InChI=1S/C9H14N2S/c1-7-6-11(9(12)10-7)8-4-2-3-5-8/h6,8H,2-5H2,1H3,(H,10,12). The third kappa shape index (κ3) is 1.33. The lowest BCUT2D eigenvalue weighted by Crippen LogP contribution is -2.02. The van der Waals surface area contributed by atoms with E-state index >= 15 is 0 Å². The molecule has 0 aliphatic heterocycles. The number of aryl methyl sites for hydroxylation is 1. The molecule has 0 amide bonds. The molecule has 0 saturated heterocycles. The smallest absolute Gasteiger partial charge is 0.177 e. The van der Waals surface area contributed by atoms with Crippen LogP contribution in [0, 0.1) is 11.7 Å². The summed E-state index contributed by atoms with van der Waals surface area (Å²) in [4.78, 5) is 3.16. The molecule has 1 fully saturated rings. The van der Waals surface area contributed by atoms with Gasteiger partial charge in [-0.3, -0.25) is 0 Å². The van der Waals surface area contributed by atoms with Crippen LogP contribution in [0.1, 0.15) is 37.4 Å². The fraction of sp³-hybridized carbons (Fsp3) is 0.667. The summed E-state index contributed by atoms with van der Waals surface area (Å²) in [5, 5.41) is 0. The summed E-state index contributed by atoms with van der Waals surface area (Å²) in [5.41, 5.74) is 1.17. The molecule has 1 aliphatic carbocycles. The summed E-state index contributed by atoms with van der Waals surface area (Å²) >= 11 is 5.22. The third-order valence-corrected chi connectivity index (χ3v) is 2.90. The molecule has 2 rings (SSSR count). The lowest BCUT2D eigenvalue weighted by atomic mass is 10.2. The van der Waals surface area contributed by atoms with Crippen molar-refractivity contribution in [2.45, 2.75) is 38.6 Å². The largest absolute Gasteiger partial charge is 0.335 e. The molecule has 2 nitrogen and oxygen atoms in total. The van der Waals surface area contributed by atoms with Crippen LogP contribution in [-0.4, -0.2) is 9.55 Å². The number of nitrogens with zero attached hydrogens (tertiary/aromatic N) is 1. The van der Waals surface area contributed by atoms with Gasteiger partial charge >= 0.3 is 0 Å². The molecule has 1 saturated carbocycles. The maximum atomic E-state index is 5.22. The van der Waals surface area contributed by atoms with E-state index in [4.69, 9.17) is 12.2 Å². The highest BCUT2D eigenvalue weighted by atomic mass is 32.1. The Morgan fingerprint density at radius 2 is 2.17 bits per heavy atom. The number of nitrogens with one attached hydrogen (secondary N) is 1. The number of aromatic nitrogens is 2. The van der Waals surface area contributed by atoms with Gasteiger partial charge in [-0.25, -0.2) is 0 Å². The van der Waals surface area contributed by atoms with Crippen molar-refractivity contribution in [3.8, 4) is 0 Å². The normalized spacial score (nSPS) is 18.8. The molecular weight excluding hydrogens is 168 g/mol. The van der Waals surface area contributed by atoms with E-state index in [1.807, 2.05) is 0 Å². The van der Waals surface area contributed by atoms with Crippen molar-refractivity contribution in [1.29, 1.82) is 0 Å². The maximum absolute atomic E-state index is 5.22. The number of aromatic amines is 1. The average Bonchev–Trinajstić information content (AvgIpc) is 2.58. The molecule has 0 radical (unpaired) electrons. The van der Waals surface area contributed by atoms with Crippen molar-refractivity contribution in [2.24, 2.45) is 0 Å². The van der Waals surface area contributed by atoms with E-state index < -0.39 is 0 Å². The van der Waals surface area contributed by atoms with Crippen LogP contribution in [0.5, 0.6) is 0 Å². The fourth-order valence-corrected chi connectivity index (χ4v) is 2.35. The van der Waals surface area contributed by atoms with Gasteiger partial charge in [0.2, 0.25) is 0 Å². The predicted molar refractivity (Wildman–Crippen MR) is 51.9 cm³/mol. The zero-order valence-corrected chi connectivity index (χ0v) is 8.16. The highest BCUT2D eigenvalue weighted by Gasteiger charge is 2.17. The zero-order chi connectivity index (χ0) is 8.55. The second kappa shape index (κ2) is 3.05. The summed E-state index contributed by atoms with van der Waals surface area (Å²) in [6.45, 7) is 2.06. The predicted octanol–water partition coefficient (Wildman–Crippen LogP) is 2.97. The van der Waals surface area contributed by atoms with Gasteiger partial charge in [0.25, 0.3) is 0 Å². The number of H-pyrrole nitrogens is 1. The molecule has 1 aromatic rings. The molecule has 0 bridgehead atoms. The Morgan fingerprint density at radius 3 is 2.67 bits per heavy atom. The molecule has 12 heavy (non-hydrogen) atoms. The second-order valence-corrected chi connectivity index (χ2v) is 3.97. The molecule has 0 spiro atoms. The van der Waals surface area contributed by atoms with Crippen LogP contribution in [0.4, 0.5) is 0 Å². The Hall–Kier alpha value is -0.570. The molecule has 1 heterocycles. The second-order valence-electron chi connectivity index (χ2n) is 3.59. The van der Waals surface area contributed by atoms with Crippen LogP contribution in [0.3, 0.4) is 0 Å². The minimum absolute atomic E-state index is 0.669. The van der Waals surface area contributed by atoms with E-state index in [2.05, 4.69) is 22.7 Å². The van der Waals surface area contributed by atoms with E-state index in [0.29, 0.717) is 6.04 Å². The van der Waals surface area contributed by atoms with Crippen molar-refractivity contribution in [3.05, 3.63) is 16.7 Å².